The van der Waals surface area contributed by atoms with Crippen molar-refractivity contribution in [2.24, 2.45) is 0 Å². The minimum Gasteiger partial charge on any atom is -0.508 e. The number of amides is 1. The number of benzene rings is 1. The molecular weight excluding hydrogens is 264 g/mol. The maximum Gasteiger partial charge on any atom is 0.222 e. The normalized spacial score (nSPS) is 22.7. The summed E-state index contributed by atoms with van der Waals surface area (Å²) in [6, 6.07) is 3.34. The van der Waals surface area contributed by atoms with Crippen molar-refractivity contribution in [1.82, 2.24) is 10.2 Å². The van der Waals surface area contributed by atoms with E-state index in [0.717, 1.165) is 37.1 Å². The van der Waals surface area contributed by atoms with E-state index in [2.05, 4.69) is 5.32 Å². The predicted molar refractivity (Wildman–Crippen MR) is 73.4 cm³/mol. The predicted octanol–water partition coefficient (Wildman–Crippen LogP) is 1.85. The van der Waals surface area contributed by atoms with Gasteiger partial charge in [-0.1, -0.05) is 11.6 Å². The van der Waals surface area contributed by atoms with E-state index in [-0.39, 0.29) is 17.7 Å². The molecule has 0 saturated carbocycles. The summed E-state index contributed by atoms with van der Waals surface area (Å²) in [5.74, 6) is 0.471. The molecule has 0 bridgehead atoms. The summed E-state index contributed by atoms with van der Waals surface area (Å²) < 4.78 is 0. The number of nitrogens with zero attached hydrogens (tertiary/aromatic N) is 1. The summed E-state index contributed by atoms with van der Waals surface area (Å²) in [6.07, 6.45) is 2.38. The lowest BCUT2D eigenvalue weighted by atomic mass is 9.93. The monoisotopic (exact) mass is 280 g/mol. The topological polar surface area (TPSA) is 52.6 Å². The van der Waals surface area contributed by atoms with Crippen LogP contribution in [0.2, 0.25) is 5.02 Å². The SMILES string of the molecule is O=C1CCCN1C[C@H]1NCCc2c(Cl)ccc(O)c21. The molecule has 2 N–H and O–H groups in total. The largest absolute Gasteiger partial charge is 0.508 e. The molecule has 102 valence electrons. The summed E-state index contributed by atoms with van der Waals surface area (Å²) in [5, 5.41) is 14.2. The molecule has 2 heterocycles. The van der Waals surface area contributed by atoms with E-state index in [9.17, 15) is 9.90 Å². The van der Waals surface area contributed by atoms with Gasteiger partial charge in [-0.05, 0) is 37.1 Å². The summed E-state index contributed by atoms with van der Waals surface area (Å²) in [6.45, 7) is 2.25. The highest BCUT2D eigenvalue weighted by Crippen LogP contribution is 2.36. The number of nitrogens with one attached hydrogen (secondary N) is 1. The number of halogens is 1. The zero-order valence-electron chi connectivity index (χ0n) is 10.7. The van der Waals surface area contributed by atoms with Crippen molar-refractivity contribution in [3.05, 3.63) is 28.3 Å². The Hall–Kier alpha value is -1.26. The Morgan fingerprint density at radius 3 is 3.00 bits per heavy atom. The molecule has 0 unspecified atom stereocenters. The number of phenolic OH excluding ortho intramolecular Hbond substituents is 1. The van der Waals surface area contributed by atoms with Crippen LogP contribution in [-0.2, 0) is 11.2 Å². The van der Waals surface area contributed by atoms with Gasteiger partial charge in [0.2, 0.25) is 5.91 Å². The third-order valence-corrected chi connectivity index (χ3v) is 4.32. The van der Waals surface area contributed by atoms with Gasteiger partial charge in [0.15, 0.2) is 0 Å². The molecule has 1 amide bonds. The Labute approximate surface area is 117 Å². The Balaban J connectivity index is 1.89. The molecule has 4 nitrogen and oxygen atoms in total. The molecule has 1 fully saturated rings. The molecule has 0 aliphatic carbocycles. The van der Waals surface area contributed by atoms with E-state index >= 15 is 0 Å². The number of carbonyl (C=O) groups is 1. The Kier molecular flexibility index (Phi) is 3.37. The molecule has 0 radical (unpaired) electrons. The Morgan fingerprint density at radius 1 is 1.42 bits per heavy atom. The van der Waals surface area contributed by atoms with Crippen molar-refractivity contribution in [1.29, 1.82) is 0 Å². The quantitative estimate of drug-likeness (QED) is 0.869. The number of hydrogen-bond donors (Lipinski definition) is 2. The third kappa shape index (κ3) is 2.30. The fraction of sp³-hybridized carbons (Fsp3) is 0.500. The lowest BCUT2D eigenvalue weighted by Gasteiger charge is -2.31. The standard InChI is InChI=1S/C14H17ClN2O2/c15-10-3-4-12(18)14-9(10)5-6-16-11(14)8-17-7-1-2-13(17)19/h3-4,11,16,18H,1-2,5-8H2/t11-/m1/s1. The molecule has 1 aromatic rings. The van der Waals surface area contributed by atoms with Crippen molar-refractivity contribution in [2.75, 3.05) is 19.6 Å². The minimum absolute atomic E-state index is 0.0236. The van der Waals surface area contributed by atoms with Gasteiger partial charge in [-0.2, -0.15) is 0 Å². The lowest BCUT2D eigenvalue weighted by Crippen LogP contribution is -2.39. The lowest BCUT2D eigenvalue weighted by molar-refractivity contribution is -0.128. The van der Waals surface area contributed by atoms with Crippen LogP contribution in [-0.4, -0.2) is 35.5 Å². The third-order valence-electron chi connectivity index (χ3n) is 3.97. The van der Waals surface area contributed by atoms with E-state index in [0.29, 0.717) is 18.0 Å². The first kappa shape index (κ1) is 12.8. The molecule has 1 saturated heterocycles. The first-order valence-electron chi connectivity index (χ1n) is 6.68. The first-order valence-corrected chi connectivity index (χ1v) is 7.06. The highest BCUT2D eigenvalue weighted by Gasteiger charge is 2.29. The van der Waals surface area contributed by atoms with Gasteiger partial charge in [-0.25, -0.2) is 0 Å². The maximum atomic E-state index is 11.7. The molecule has 3 rings (SSSR count). The summed E-state index contributed by atoms with van der Waals surface area (Å²) in [7, 11) is 0. The minimum atomic E-state index is -0.0236. The molecule has 2 aliphatic rings. The number of likely N-dealkylation sites (tertiary alicyclic amines) is 1. The van der Waals surface area contributed by atoms with E-state index in [1.807, 2.05) is 4.90 Å². The number of hydrogen-bond acceptors (Lipinski definition) is 3. The van der Waals surface area contributed by atoms with Crippen LogP contribution < -0.4 is 5.32 Å². The highest BCUT2D eigenvalue weighted by molar-refractivity contribution is 6.31. The van der Waals surface area contributed by atoms with Crippen molar-refractivity contribution < 1.29 is 9.90 Å². The molecule has 1 atom stereocenters. The fourth-order valence-corrected chi connectivity index (χ4v) is 3.27. The summed E-state index contributed by atoms with van der Waals surface area (Å²) >= 11 is 6.21. The van der Waals surface area contributed by atoms with E-state index in [1.165, 1.54) is 0 Å². The van der Waals surface area contributed by atoms with Crippen molar-refractivity contribution in [3.63, 3.8) is 0 Å². The zero-order valence-corrected chi connectivity index (χ0v) is 11.4. The maximum absolute atomic E-state index is 11.7. The average Bonchev–Trinajstić information content (AvgIpc) is 2.80. The van der Waals surface area contributed by atoms with Crippen LogP contribution in [0.25, 0.3) is 0 Å². The van der Waals surface area contributed by atoms with Crippen molar-refractivity contribution >= 4 is 17.5 Å². The highest BCUT2D eigenvalue weighted by atomic mass is 35.5. The van der Waals surface area contributed by atoms with Crippen LogP contribution in [0.4, 0.5) is 0 Å². The van der Waals surface area contributed by atoms with Crippen LogP contribution in [0.1, 0.15) is 30.0 Å². The van der Waals surface area contributed by atoms with Crippen LogP contribution in [0.15, 0.2) is 12.1 Å². The molecule has 0 spiro atoms. The second kappa shape index (κ2) is 5.02. The van der Waals surface area contributed by atoms with Gasteiger partial charge in [-0.15, -0.1) is 0 Å². The number of fused-ring (bicyclic) bond motifs is 1. The molecular formula is C14H17ClN2O2. The van der Waals surface area contributed by atoms with Crippen LogP contribution in [0.3, 0.4) is 0 Å². The molecule has 0 aromatic heterocycles. The van der Waals surface area contributed by atoms with Crippen LogP contribution in [0, 0.1) is 0 Å². The van der Waals surface area contributed by atoms with Gasteiger partial charge in [0.25, 0.3) is 0 Å². The van der Waals surface area contributed by atoms with E-state index in [1.54, 1.807) is 12.1 Å². The van der Waals surface area contributed by atoms with Gasteiger partial charge in [0, 0.05) is 30.1 Å². The molecule has 1 aromatic carbocycles. The number of aromatic hydroxyl groups is 1. The van der Waals surface area contributed by atoms with Gasteiger partial charge in [0.1, 0.15) is 5.75 Å². The molecule has 5 heteroatoms. The molecule has 2 aliphatic heterocycles. The van der Waals surface area contributed by atoms with Gasteiger partial charge in [0.05, 0.1) is 6.04 Å². The second-order valence-electron chi connectivity index (χ2n) is 5.16. The van der Waals surface area contributed by atoms with Gasteiger partial charge in [-0.3, -0.25) is 4.79 Å². The van der Waals surface area contributed by atoms with Crippen LogP contribution in [0.5, 0.6) is 5.75 Å². The Morgan fingerprint density at radius 2 is 2.26 bits per heavy atom. The van der Waals surface area contributed by atoms with Crippen LogP contribution >= 0.6 is 11.6 Å². The van der Waals surface area contributed by atoms with Crippen molar-refractivity contribution in [3.8, 4) is 5.75 Å². The van der Waals surface area contributed by atoms with Gasteiger partial charge < -0.3 is 15.3 Å². The van der Waals surface area contributed by atoms with E-state index < -0.39 is 0 Å². The number of phenols is 1. The summed E-state index contributed by atoms with van der Waals surface area (Å²) in [4.78, 5) is 13.6. The fourth-order valence-electron chi connectivity index (χ4n) is 3.02. The van der Waals surface area contributed by atoms with Gasteiger partial charge >= 0.3 is 0 Å². The Bertz CT molecular complexity index is 518. The molecule has 19 heavy (non-hydrogen) atoms. The van der Waals surface area contributed by atoms with E-state index in [4.69, 9.17) is 11.6 Å². The smallest absolute Gasteiger partial charge is 0.222 e. The number of carbonyl (C=O) groups excluding carboxylic acids is 1. The first-order chi connectivity index (χ1) is 9.16. The summed E-state index contributed by atoms with van der Waals surface area (Å²) in [5.41, 5.74) is 1.87. The second-order valence-corrected chi connectivity index (χ2v) is 5.57. The number of rotatable bonds is 2. The van der Waals surface area contributed by atoms with Crippen molar-refractivity contribution in [2.45, 2.75) is 25.3 Å². The zero-order chi connectivity index (χ0) is 13.4. The average molecular weight is 281 g/mol.